The number of pyridine rings is 8. The van der Waals surface area contributed by atoms with E-state index in [9.17, 15) is 24.0 Å². The number of aromatic amines is 4. The molecule has 0 spiro atoms. The number of hydrogen-bond donors (Lipinski definition) is 9. The number of carbonyl (C=O) groups is 5. The molecule has 9 aromatic carbocycles. The lowest BCUT2D eigenvalue weighted by Crippen LogP contribution is -2.36. The van der Waals surface area contributed by atoms with Crippen LogP contribution in [0.15, 0.2) is 347 Å². The molecular weight excluding hydrogens is 1850 g/mol. The number of benzene rings is 9. The van der Waals surface area contributed by atoms with E-state index >= 15 is 0 Å². The van der Waals surface area contributed by atoms with Gasteiger partial charge in [-0.1, -0.05) is 138 Å². The summed E-state index contributed by atoms with van der Waals surface area (Å²) in [5, 5.41) is 46.5. The Morgan fingerprint density at radius 2 is 0.615 bits per heavy atom. The Bertz CT molecular complexity index is 8470. The highest BCUT2D eigenvalue weighted by Gasteiger charge is 2.30. The SMILES string of the molecule is Cc1cccc(-c2ccc(NC(=O)c3n[nH]c4ccc(-c5cncc(CN6CCC6)c5)cc34)cn2)c1.Cc1cccc(-c2ccc(NC(=O)c3n[nH]c4ccc(-c5cncc(CN6CCCC6)c5)cc34)cn2)c1.Cc1cccc(-c2ccc(NC(=O)c3n[nH]c4ccc(-c5cncc(NC(=O)C6CC6)c5)cc34)cn2)c1.Cc1cccc(-c2ccc(NC(=O)c3n[nH]c4ccc(-c5cncc(Oc6ccccc6)c5)cc34)cn2)c1. The molecule has 3 aliphatic rings. The van der Waals surface area contributed by atoms with E-state index in [0.29, 0.717) is 62.0 Å². The molecule has 0 radical (unpaired) electrons. The van der Waals surface area contributed by atoms with Crippen molar-refractivity contribution >= 4 is 102 Å². The minimum Gasteiger partial charge on any atom is -0.456 e. The number of amides is 5. The number of rotatable bonds is 24. The fraction of sp³-hybridized carbons (Fsp3) is 0.134. The Labute approximate surface area is 851 Å². The number of para-hydroxylation sites is 1. The van der Waals surface area contributed by atoms with E-state index in [1.165, 1.54) is 41.5 Å². The average Bonchev–Trinajstić information content (AvgIpc) is 1.69. The molecular formula is C119H101N23O6. The molecule has 24 rings (SSSR count). The number of fused-ring (bicyclic) bond motifs is 4. The first-order valence-corrected chi connectivity index (χ1v) is 49.0. The van der Waals surface area contributed by atoms with Crippen LogP contribution in [0.3, 0.4) is 0 Å². The summed E-state index contributed by atoms with van der Waals surface area (Å²) >= 11 is 0. The molecule has 3 fully saturated rings. The lowest BCUT2D eigenvalue weighted by atomic mass is 10.0. The van der Waals surface area contributed by atoms with Crippen LogP contribution in [0.25, 0.3) is 133 Å². The second-order valence-electron chi connectivity index (χ2n) is 37.2. The number of anilines is 5. The third-order valence-corrected chi connectivity index (χ3v) is 26.0. The van der Waals surface area contributed by atoms with Crippen LogP contribution >= 0.6 is 0 Å². The average molecular weight is 1950 g/mol. The Kier molecular flexibility index (Phi) is 28.0. The van der Waals surface area contributed by atoms with Gasteiger partial charge in [-0.15, -0.1) is 0 Å². The molecule has 1 saturated carbocycles. The molecule has 14 heterocycles. The molecule has 12 aromatic heterocycles. The van der Waals surface area contributed by atoms with Crippen LogP contribution in [-0.2, 0) is 17.9 Å². The minimum absolute atomic E-state index is 0.0320. The van der Waals surface area contributed by atoms with Gasteiger partial charge in [0, 0.05) is 122 Å². The fourth-order valence-corrected chi connectivity index (χ4v) is 18.0. The number of ether oxygens (including phenoxy) is 1. The van der Waals surface area contributed by atoms with E-state index in [0.717, 1.165) is 191 Å². The molecule has 0 bridgehead atoms. The second kappa shape index (κ2) is 43.5. The van der Waals surface area contributed by atoms with Crippen molar-refractivity contribution in [3.05, 3.63) is 404 Å². The second-order valence-corrected chi connectivity index (χ2v) is 37.2. The van der Waals surface area contributed by atoms with Crippen molar-refractivity contribution < 1.29 is 28.7 Å². The molecule has 9 N–H and O–H groups in total. The maximum Gasteiger partial charge on any atom is 0.276 e. The fourth-order valence-electron chi connectivity index (χ4n) is 18.0. The van der Waals surface area contributed by atoms with Crippen LogP contribution in [0.2, 0.25) is 0 Å². The van der Waals surface area contributed by atoms with Crippen LogP contribution in [0.5, 0.6) is 11.5 Å². The molecule has 0 atom stereocenters. The van der Waals surface area contributed by atoms with Gasteiger partial charge >= 0.3 is 0 Å². The van der Waals surface area contributed by atoms with Crippen LogP contribution in [0.1, 0.15) is 107 Å². The van der Waals surface area contributed by atoms with Gasteiger partial charge in [-0.05, 0) is 277 Å². The molecule has 728 valence electrons. The summed E-state index contributed by atoms with van der Waals surface area (Å²) in [5.74, 6) is 0.278. The van der Waals surface area contributed by atoms with E-state index < -0.39 is 0 Å². The smallest absolute Gasteiger partial charge is 0.276 e. The molecule has 148 heavy (non-hydrogen) atoms. The topological polar surface area (TPSA) is 379 Å². The Morgan fingerprint density at radius 1 is 0.284 bits per heavy atom. The van der Waals surface area contributed by atoms with Crippen LogP contribution in [0, 0.1) is 33.6 Å². The number of H-pyrrole nitrogens is 4. The van der Waals surface area contributed by atoms with Crippen LogP contribution < -0.4 is 31.3 Å². The number of hydrogen-bond acceptors (Lipinski definition) is 20. The van der Waals surface area contributed by atoms with Crippen molar-refractivity contribution in [2.75, 3.05) is 52.8 Å². The highest BCUT2D eigenvalue weighted by molar-refractivity contribution is 6.15. The summed E-state index contributed by atoms with van der Waals surface area (Å²) in [6, 6.07) is 88.8. The predicted molar refractivity (Wildman–Crippen MR) is 579 cm³/mol. The molecule has 0 unspecified atom stereocenters. The summed E-state index contributed by atoms with van der Waals surface area (Å²) in [7, 11) is 0. The van der Waals surface area contributed by atoms with Crippen molar-refractivity contribution in [2.45, 2.75) is 72.9 Å². The number of carbonyl (C=O) groups excluding carboxylic acids is 5. The zero-order chi connectivity index (χ0) is 101. The highest BCUT2D eigenvalue weighted by Crippen LogP contribution is 2.37. The monoisotopic (exact) mass is 1950 g/mol. The highest BCUT2D eigenvalue weighted by atomic mass is 16.5. The van der Waals surface area contributed by atoms with E-state index in [1.54, 1.807) is 49.6 Å². The molecule has 2 saturated heterocycles. The summed E-state index contributed by atoms with van der Waals surface area (Å²) in [5.41, 5.74) is 29.6. The van der Waals surface area contributed by atoms with Crippen molar-refractivity contribution in [3.63, 3.8) is 0 Å². The number of aromatic nitrogens is 16. The number of nitrogens with one attached hydrogen (secondary N) is 9. The van der Waals surface area contributed by atoms with Crippen molar-refractivity contribution in [1.29, 1.82) is 0 Å². The Hall–Kier alpha value is -18.9. The first-order chi connectivity index (χ1) is 72.4. The van der Waals surface area contributed by atoms with Gasteiger partial charge in [-0.2, -0.15) is 20.4 Å². The van der Waals surface area contributed by atoms with E-state index in [1.807, 2.05) is 263 Å². The number of likely N-dealkylation sites (tertiary alicyclic amines) is 2. The van der Waals surface area contributed by atoms with E-state index in [2.05, 4.69) is 179 Å². The molecule has 29 heteroatoms. The zero-order valence-electron chi connectivity index (χ0n) is 81.5. The maximum absolute atomic E-state index is 13.1. The zero-order valence-corrected chi connectivity index (χ0v) is 81.5. The predicted octanol–water partition coefficient (Wildman–Crippen LogP) is 23.9. The van der Waals surface area contributed by atoms with Crippen LogP contribution in [-0.4, -0.2) is 146 Å². The normalized spacial score (nSPS) is 12.7. The van der Waals surface area contributed by atoms with Gasteiger partial charge in [0.2, 0.25) is 5.91 Å². The third-order valence-electron chi connectivity index (χ3n) is 26.0. The number of nitrogens with zero attached hydrogens (tertiary/aromatic N) is 14. The van der Waals surface area contributed by atoms with Crippen molar-refractivity contribution in [1.82, 2.24) is 90.5 Å². The Morgan fingerprint density at radius 3 is 0.939 bits per heavy atom. The molecule has 21 aromatic rings. The van der Waals surface area contributed by atoms with E-state index in [-0.39, 0.29) is 41.1 Å². The number of aryl methyl sites for hydroxylation is 4. The first-order valence-electron chi connectivity index (χ1n) is 49.0. The minimum atomic E-state index is -0.336. The lowest BCUT2D eigenvalue weighted by molar-refractivity contribution is -0.117. The summed E-state index contributed by atoms with van der Waals surface area (Å²) in [6.07, 6.45) is 26.7. The van der Waals surface area contributed by atoms with Gasteiger partial charge in [-0.25, -0.2) is 0 Å². The first kappa shape index (κ1) is 95.3. The van der Waals surface area contributed by atoms with Gasteiger partial charge in [0.05, 0.1) is 110 Å². The molecule has 29 nitrogen and oxygen atoms in total. The van der Waals surface area contributed by atoms with Gasteiger partial charge in [0.15, 0.2) is 22.8 Å². The summed E-state index contributed by atoms with van der Waals surface area (Å²) in [6.45, 7) is 14.6. The van der Waals surface area contributed by atoms with Gasteiger partial charge in [0.1, 0.15) is 11.5 Å². The molecule has 2 aliphatic heterocycles. The van der Waals surface area contributed by atoms with Crippen molar-refractivity contribution in [2.24, 2.45) is 5.92 Å². The van der Waals surface area contributed by atoms with Gasteiger partial charge in [-0.3, -0.25) is 94.0 Å². The molecule has 1 aliphatic carbocycles. The largest absolute Gasteiger partial charge is 0.456 e. The lowest BCUT2D eigenvalue weighted by Gasteiger charge is -2.30. The van der Waals surface area contributed by atoms with Gasteiger partial charge in [0.25, 0.3) is 23.6 Å². The Balaban J connectivity index is 0.000000116. The summed E-state index contributed by atoms with van der Waals surface area (Å²) in [4.78, 5) is 105. The maximum atomic E-state index is 13.1. The third kappa shape index (κ3) is 22.9. The standard InChI is InChI=1S/C31H23N5O2.C30H28N6O.C29H24N6O2.C29H26N6O/c1-20-6-5-7-22(14-20)28-13-11-24(18-33-28)34-31(37)30-27-16-21(10-12-29(27)35-36-30)23-15-26(19-32-17-23)38-25-8-3-2-4-9-25;1-20-5-4-6-23(13-20)27-10-8-25(18-32-27)33-30(37)29-26-15-22(7-9-28(26)34-35-29)24-14-21(16-31-17-24)19-36-11-2-3-12-36;1-17-3-2-4-20(11-17)25-10-8-22(16-31-25)32-29(37)27-24-13-19(7-9-26(24)34-35-27)21-12-23(15-30-14-21)33-28(36)18-5-6-18;1-19-4-2-5-22(12-19)26-9-7-24(17-31-26)32-29(36)28-25-14-21(6-8-27(25)33-34-28)23-13-20(15-30-16-23)18-35-10-3-11-35/h2-19H,1H3,(H,34,37)(H,35,36);4-10,13-18H,2-3,11-12,19H2,1H3,(H,33,37)(H,34,35);2-4,7-16,18H,5-6H2,1H3,(H,32,37)(H,33,36)(H,34,35);2,4-9,12-17H,3,10-11,18H2,1H3,(H,32,36)(H,33,34). The van der Waals surface area contributed by atoms with Gasteiger partial charge < -0.3 is 31.3 Å². The quantitative estimate of drug-likeness (QED) is 0.0271. The van der Waals surface area contributed by atoms with Crippen LogP contribution in [0.4, 0.5) is 28.4 Å². The summed E-state index contributed by atoms with van der Waals surface area (Å²) < 4.78 is 5.93. The van der Waals surface area contributed by atoms with Crippen molar-refractivity contribution in [3.8, 4) is 101 Å². The molecule has 5 amide bonds. The van der Waals surface area contributed by atoms with E-state index in [4.69, 9.17) is 4.74 Å².